The van der Waals surface area contributed by atoms with Gasteiger partial charge in [-0.3, -0.25) is 9.11 Å². The van der Waals surface area contributed by atoms with Crippen LogP contribution < -0.4 is 9.47 Å². The highest BCUT2D eigenvalue weighted by atomic mass is 35.5. The molecule has 0 radical (unpaired) electrons. The molecule has 0 saturated carbocycles. The molecule has 0 unspecified atom stereocenters. The molecule has 13 heteroatoms. The third-order valence-electron chi connectivity index (χ3n) is 6.12. The number of thiazole rings is 1. The van der Waals surface area contributed by atoms with E-state index >= 15 is 0 Å². The number of halogens is 1. The summed E-state index contributed by atoms with van der Waals surface area (Å²) in [7, 11) is -8.08. The number of fused-ring (bicyclic) bond motifs is 2. The van der Waals surface area contributed by atoms with Crippen LogP contribution in [0.15, 0.2) is 70.1 Å². The van der Waals surface area contributed by atoms with E-state index in [2.05, 4.69) is 16.7 Å². The zero-order valence-electron chi connectivity index (χ0n) is 21.9. The Morgan fingerprint density at radius 1 is 1.05 bits per heavy atom. The normalized spacial score (nSPS) is 15.6. The molecule has 0 amide bonds. The van der Waals surface area contributed by atoms with Crippen LogP contribution in [0.3, 0.4) is 0 Å². The first kappa shape index (κ1) is 30.8. The standard InChI is InChI=1S/C27H29ClN2O6S4/c1-19(6-11-26-29(13-3-15-39(31,32)33)22-17-20(2)5-9-24(22)37-26)7-12-27-30(14-4-16-40(34,35)36)23-18-21(28)8-10-25(23)38-27/h5-12,17-18H,3-4,13-16H2,1-2H3,(H-,31,32,33,34,35,36)/p+1. The largest absolute Gasteiger partial charge is 0.335 e. The number of hydrogen-bond acceptors (Lipinski definition) is 7. The lowest BCUT2D eigenvalue weighted by Crippen LogP contribution is -2.36. The van der Waals surface area contributed by atoms with Gasteiger partial charge in [0.25, 0.3) is 25.2 Å². The van der Waals surface area contributed by atoms with Crippen LogP contribution in [0.25, 0.3) is 16.3 Å². The Morgan fingerprint density at radius 2 is 1.77 bits per heavy atom. The summed E-state index contributed by atoms with van der Waals surface area (Å²) in [5.41, 5.74) is 3.98. The third-order valence-corrected chi connectivity index (χ3v) is 10.2. The van der Waals surface area contributed by atoms with E-state index in [-0.39, 0.29) is 17.9 Å². The van der Waals surface area contributed by atoms with Crippen LogP contribution in [0.4, 0.5) is 5.69 Å². The summed E-state index contributed by atoms with van der Waals surface area (Å²) in [6.07, 6.45) is 8.48. The van der Waals surface area contributed by atoms with Crippen LogP contribution in [0.5, 0.6) is 0 Å². The second-order valence-electron chi connectivity index (χ2n) is 9.46. The van der Waals surface area contributed by atoms with Gasteiger partial charge in [-0.25, -0.2) is 0 Å². The summed E-state index contributed by atoms with van der Waals surface area (Å²) in [6.45, 7) is 4.83. The number of thioether (sulfide) groups is 1. The highest BCUT2D eigenvalue weighted by Gasteiger charge is 2.25. The van der Waals surface area contributed by atoms with Crippen molar-refractivity contribution in [1.29, 1.82) is 0 Å². The molecule has 1 aromatic heterocycles. The van der Waals surface area contributed by atoms with Gasteiger partial charge in [-0.2, -0.15) is 21.4 Å². The summed E-state index contributed by atoms with van der Waals surface area (Å²) < 4.78 is 66.4. The van der Waals surface area contributed by atoms with Gasteiger partial charge in [-0.05, 0) is 56.2 Å². The van der Waals surface area contributed by atoms with E-state index in [1.165, 1.54) is 0 Å². The van der Waals surface area contributed by atoms with Crippen LogP contribution in [0.1, 0.15) is 30.3 Å². The molecule has 3 aromatic rings. The van der Waals surface area contributed by atoms with E-state index in [1.807, 2.05) is 67.3 Å². The SMILES string of the molecule is CC(C=Cc1sc2ccc(C)cc2[n+]1CCCS(=O)(=O)O)=CC=C1Sc2ccc(Cl)cc2N1CCCS(=O)(=O)O. The quantitative estimate of drug-likeness (QED) is 0.146. The van der Waals surface area contributed by atoms with Gasteiger partial charge in [0.15, 0.2) is 6.54 Å². The molecule has 0 spiro atoms. The molecule has 4 rings (SSSR count). The molecule has 40 heavy (non-hydrogen) atoms. The Hall–Kier alpha value is -2.19. The summed E-state index contributed by atoms with van der Waals surface area (Å²) in [6, 6.07) is 11.8. The average Bonchev–Trinajstić information content (AvgIpc) is 3.37. The number of benzene rings is 2. The van der Waals surface area contributed by atoms with E-state index in [4.69, 9.17) is 20.7 Å². The van der Waals surface area contributed by atoms with E-state index < -0.39 is 20.2 Å². The van der Waals surface area contributed by atoms with Gasteiger partial charge in [0, 0.05) is 35.0 Å². The fraction of sp³-hybridized carbons (Fsp3) is 0.296. The van der Waals surface area contributed by atoms with Crippen molar-refractivity contribution in [3.63, 3.8) is 0 Å². The van der Waals surface area contributed by atoms with Crippen molar-refractivity contribution in [3.05, 3.63) is 80.8 Å². The first-order chi connectivity index (χ1) is 18.8. The zero-order valence-corrected chi connectivity index (χ0v) is 26.0. The first-order valence-corrected chi connectivity index (χ1v) is 17.7. The van der Waals surface area contributed by atoms with Gasteiger partial charge in [0.2, 0.25) is 5.52 Å². The molecule has 2 aromatic carbocycles. The second kappa shape index (κ2) is 12.8. The molecule has 1 aliphatic heterocycles. The molecule has 0 aliphatic carbocycles. The van der Waals surface area contributed by atoms with Crippen LogP contribution in [0, 0.1) is 6.92 Å². The molecule has 0 atom stereocenters. The van der Waals surface area contributed by atoms with Crippen LogP contribution >= 0.6 is 34.7 Å². The number of anilines is 1. The Morgan fingerprint density at radius 3 is 2.50 bits per heavy atom. The average molecular weight is 642 g/mol. The number of allylic oxidation sites excluding steroid dienone is 4. The number of rotatable bonds is 11. The molecule has 0 saturated heterocycles. The molecular formula is C27H30ClN2O6S4+. The number of nitrogens with zero attached hydrogens (tertiary/aromatic N) is 2. The third kappa shape index (κ3) is 8.41. The Labute approximate surface area is 248 Å². The lowest BCUT2D eigenvalue weighted by Gasteiger charge is -2.20. The van der Waals surface area contributed by atoms with Gasteiger partial charge in [0.05, 0.1) is 22.2 Å². The van der Waals surface area contributed by atoms with Crippen molar-refractivity contribution in [3.8, 4) is 0 Å². The van der Waals surface area contributed by atoms with E-state index in [0.29, 0.717) is 24.5 Å². The van der Waals surface area contributed by atoms with Crippen molar-refractivity contribution < 1.29 is 30.5 Å². The van der Waals surface area contributed by atoms with Crippen LogP contribution in [0.2, 0.25) is 5.02 Å². The van der Waals surface area contributed by atoms with Gasteiger partial charge >= 0.3 is 0 Å². The fourth-order valence-electron chi connectivity index (χ4n) is 4.27. The fourth-order valence-corrected chi connectivity index (χ4v) is 7.56. The second-order valence-corrected chi connectivity index (χ2v) is 15.2. The first-order valence-electron chi connectivity index (χ1n) is 12.4. The van der Waals surface area contributed by atoms with Gasteiger partial charge in [-0.1, -0.05) is 58.5 Å². The summed E-state index contributed by atoms with van der Waals surface area (Å²) in [5.74, 6) is -0.626. The van der Waals surface area contributed by atoms with Gasteiger partial charge in [-0.15, -0.1) is 0 Å². The van der Waals surface area contributed by atoms with Crippen molar-refractivity contribution >= 4 is 76.9 Å². The molecule has 0 bridgehead atoms. The van der Waals surface area contributed by atoms with Gasteiger partial charge < -0.3 is 4.90 Å². The van der Waals surface area contributed by atoms with Crippen LogP contribution in [-0.2, 0) is 26.8 Å². The minimum Gasteiger partial charge on any atom is -0.335 e. The predicted octanol–water partition coefficient (Wildman–Crippen LogP) is 6.12. The van der Waals surface area contributed by atoms with E-state index in [0.717, 1.165) is 42.0 Å². The number of hydrogen-bond donors (Lipinski definition) is 2. The van der Waals surface area contributed by atoms with Crippen molar-refractivity contribution in [1.82, 2.24) is 0 Å². The minimum atomic E-state index is -4.05. The minimum absolute atomic E-state index is 0.258. The topological polar surface area (TPSA) is 116 Å². The number of aromatic nitrogens is 1. The lowest BCUT2D eigenvalue weighted by atomic mass is 10.2. The molecular weight excluding hydrogens is 612 g/mol. The zero-order chi connectivity index (χ0) is 29.1. The predicted molar refractivity (Wildman–Crippen MR) is 164 cm³/mol. The molecule has 8 nitrogen and oxygen atoms in total. The maximum absolute atomic E-state index is 11.2. The van der Waals surface area contributed by atoms with Crippen molar-refractivity contribution in [2.75, 3.05) is 23.0 Å². The molecule has 0 fully saturated rings. The molecule has 1 aliphatic rings. The molecule has 2 heterocycles. The highest BCUT2D eigenvalue weighted by Crippen LogP contribution is 2.47. The van der Waals surface area contributed by atoms with E-state index in [1.54, 1.807) is 23.1 Å². The highest BCUT2D eigenvalue weighted by molar-refractivity contribution is 8.03. The molecule has 214 valence electrons. The van der Waals surface area contributed by atoms with Crippen molar-refractivity contribution in [2.45, 2.75) is 38.1 Å². The monoisotopic (exact) mass is 641 g/mol. The Bertz CT molecular complexity index is 1730. The van der Waals surface area contributed by atoms with Crippen molar-refractivity contribution in [2.24, 2.45) is 0 Å². The summed E-state index contributed by atoms with van der Waals surface area (Å²) >= 11 is 9.39. The summed E-state index contributed by atoms with van der Waals surface area (Å²) in [4.78, 5) is 3.01. The lowest BCUT2D eigenvalue weighted by molar-refractivity contribution is -0.668. The maximum Gasteiger partial charge on any atom is 0.265 e. The van der Waals surface area contributed by atoms with E-state index in [9.17, 15) is 16.8 Å². The number of aryl methyl sites for hydroxylation is 2. The Kier molecular flexibility index (Phi) is 9.82. The molecule has 2 N–H and O–H groups in total. The Balaban J connectivity index is 1.57. The summed E-state index contributed by atoms with van der Waals surface area (Å²) in [5, 5.41) is 2.46. The smallest absolute Gasteiger partial charge is 0.265 e. The maximum atomic E-state index is 11.2. The van der Waals surface area contributed by atoms with Gasteiger partial charge in [0.1, 0.15) is 4.70 Å². The van der Waals surface area contributed by atoms with Crippen LogP contribution in [-0.4, -0.2) is 44.0 Å².